The molecule has 4 nitrogen and oxygen atoms in total. The van der Waals surface area contributed by atoms with Crippen LogP contribution in [0.2, 0.25) is 0 Å². The Morgan fingerprint density at radius 1 is 1.09 bits per heavy atom. The first kappa shape index (κ1) is 15.2. The van der Waals surface area contributed by atoms with Crippen molar-refractivity contribution in [2.24, 2.45) is 0 Å². The Bertz CT molecular complexity index is 701. The summed E-state index contributed by atoms with van der Waals surface area (Å²) in [6.07, 6.45) is 2.33. The van der Waals surface area contributed by atoms with Gasteiger partial charge in [-0.3, -0.25) is 0 Å². The molecule has 1 aliphatic rings. The Balaban J connectivity index is 1.88. The Hall–Kier alpha value is -2.67. The molecular weight excluding hydrogens is 288 g/mol. The molecule has 0 spiro atoms. The summed E-state index contributed by atoms with van der Waals surface area (Å²) < 4.78 is 11.4. The first-order valence-electron chi connectivity index (χ1n) is 7.85. The lowest BCUT2D eigenvalue weighted by molar-refractivity contribution is 0.284. The standard InChI is InChI=1S/C19H20N2O2/c1-22-18-11-16(13-20)17(21-9-5-6-10-21)12-19(18)23-14-15-7-3-2-4-8-15/h2-4,7-8,11-12H,5-6,9-10,14H2,1H3. The van der Waals surface area contributed by atoms with E-state index in [4.69, 9.17) is 9.47 Å². The van der Waals surface area contributed by atoms with E-state index in [9.17, 15) is 5.26 Å². The molecule has 2 aromatic carbocycles. The number of methoxy groups -OCH3 is 1. The van der Waals surface area contributed by atoms with Crippen molar-refractivity contribution in [1.29, 1.82) is 5.26 Å². The summed E-state index contributed by atoms with van der Waals surface area (Å²) in [6, 6.07) is 16.0. The Morgan fingerprint density at radius 3 is 2.48 bits per heavy atom. The van der Waals surface area contributed by atoms with Crippen LogP contribution in [0.15, 0.2) is 42.5 Å². The SMILES string of the molecule is COc1cc(C#N)c(N2CCCC2)cc1OCc1ccccc1. The third-order valence-electron chi connectivity index (χ3n) is 4.09. The first-order valence-corrected chi connectivity index (χ1v) is 7.85. The van der Waals surface area contributed by atoms with E-state index in [1.54, 1.807) is 13.2 Å². The zero-order valence-electron chi connectivity index (χ0n) is 13.3. The molecule has 0 amide bonds. The van der Waals surface area contributed by atoms with Gasteiger partial charge in [0.25, 0.3) is 0 Å². The Morgan fingerprint density at radius 2 is 1.83 bits per heavy atom. The fourth-order valence-corrected chi connectivity index (χ4v) is 2.87. The van der Waals surface area contributed by atoms with Gasteiger partial charge < -0.3 is 14.4 Å². The van der Waals surface area contributed by atoms with Crippen LogP contribution in [0.3, 0.4) is 0 Å². The van der Waals surface area contributed by atoms with Gasteiger partial charge in [0.15, 0.2) is 11.5 Å². The zero-order chi connectivity index (χ0) is 16.1. The van der Waals surface area contributed by atoms with Crippen LogP contribution >= 0.6 is 0 Å². The molecule has 0 radical (unpaired) electrons. The van der Waals surface area contributed by atoms with Gasteiger partial charge in [0, 0.05) is 25.2 Å². The van der Waals surface area contributed by atoms with E-state index in [0.29, 0.717) is 23.7 Å². The van der Waals surface area contributed by atoms with Crippen LogP contribution in [-0.4, -0.2) is 20.2 Å². The van der Waals surface area contributed by atoms with Crippen molar-refractivity contribution in [1.82, 2.24) is 0 Å². The minimum atomic E-state index is 0.475. The summed E-state index contributed by atoms with van der Waals surface area (Å²) in [5.74, 6) is 1.28. The summed E-state index contributed by atoms with van der Waals surface area (Å²) in [7, 11) is 1.60. The summed E-state index contributed by atoms with van der Waals surface area (Å²) in [5.41, 5.74) is 2.67. The van der Waals surface area contributed by atoms with Crippen LogP contribution in [0.1, 0.15) is 24.0 Å². The predicted molar refractivity (Wildman–Crippen MR) is 89.9 cm³/mol. The highest BCUT2D eigenvalue weighted by atomic mass is 16.5. The van der Waals surface area contributed by atoms with Crippen molar-refractivity contribution < 1.29 is 9.47 Å². The van der Waals surface area contributed by atoms with Crippen LogP contribution in [0, 0.1) is 11.3 Å². The molecule has 1 aliphatic heterocycles. The highest BCUT2D eigenvalue weighted by Gasteiger charge is 2.19. The molecule has 0 unspecified atom stereocenters. The van der Waals surface area contributed by atoms with Crippen molar-refractivity contribution in [3.63, 3.8) is 0 Å². The lowest BCUT2D eigenvalue weighted by Crippen LogP contribution is -2.19. The quantitative estimate of drug-likeness (QED) is 0.844. The molecular formula is C19H20N2O2. The number of nitrogens with zero attached hydrogens (tertiary/aromatic N) is 2. The minimum absolute atomic E-state index is 0.475. The lowest BCUT2D eigenvalue weighted by Gasteiger charge is -2.21. The minimum Gasteiger partial charge on any atom is -0.493 e. The summed E-state index contributed by atoms with van der Waals surface area (Å²) in [4.78, 5) is 2.24. The van der Waals surface area contributed by atoms with E-state index < -0.39 is 0 Å². The highest BCUT2D eigenvalue weighted by Crippen LogP contribution is 2.36. The topological polar surface area (TPSA) is 45.5 Å². The van der Waals surface area contributed by atoms with Gasteiger partial charge in [0.1, 0.15) is 12.7 Å². The molecule has 0 aliphatic carbocycles. The fourth-order valence-electron chi connectivity index (χ4n) is 2.87. The summed E-state index contributed by atoms with van der Waals surface area (Å²) >= 11 is 0. The van der Waals surface area contributed by atoms with Gasteiger partial charge in [-0.1, -0.05) is 30.3 Å². The van der Waals surface area contributed by atoms with E-state index in [2.05, 4.69) is 11.0 Å². The van der Waals surface area contributed by atoms with E-state index in [0.717, 1.165) is 37.2 Å². The van der Waals surface area contributed by atoms with Crippen molar-refractivity contribution in [2.75, 3.05) is 25.1 Å². The molecule has 0 saturated carbocycles. The third kappa shape index (κ3) is 3.40. The molecule has 1 fully saturated rings. The van der Waals surface area contributed by atoms with Gasteiger partial charge in [-0.15, -0.1) is 0 Å². The number of benzene rings is 2. The maximum Gasteiger partial charge on any atom is 0.163 e. The van der Waals surface area contributed by atoms with Crippen LogP contribution in [0.4, 0.5) is 5.69 Å². The van der Waals surface area contributed by atoms with E-state index in [-0.39, 0.29) is 0 Å². The van der Waals surface area contributed by atoms with Crippen LogP contribution in [0.25, 0.3) is 0 Å². The summed E-state index contributed by atoms with van der Waals surface area (Å²) in [5, 5.41) is 9.42. The maximum atomic E-state index is 9.42. The third-order valence-corrected chi connectivity index (χ3v) is 4.09. The van der Waals surface area contributed by atoms with E-state index in [1.165, 1.54) is 0 Å². The van der Waals surface area contributed by atoms with Crippen LogP contribution in [-0.2, 0) is 6.61 Å². The molecule has 1 saturated heterocycles. The van der Waals surface area contributed by atoms with Crippen molar-refractivity contribution >= 4 is 5.69 Å². The van der Waals surface area contributed by atoms with Crippen molar-refractivity contribution in [3.8, 4) is 17.6 Å². The number of nitriles is 1. The molecule has 0 bridgehead atoms. The Kier molecular flexibility index (Phi) is 4.68. The largest absolute Gasteiger partial charge is 0.493 e. The second kappa shape index (κ2) is 7.06. The Labute approximate surface area is 136 Å². The van der Waals surface area contributed by atoms with Crippen molar-refractivity contribution in [3.05, 3.63) is 53.6 Å². The van der Waals surface area contributed by atoms with E-state index >= 15 is 0 Å². The fraction of sp³-hybridized carbons (Fsp3) is 0.316. The number of anilines is 1. The number of hydrogen-bond donors (Lipinski definition) is 0. The summed E-state index contributed by atoms with van der Waals surface area (Å²) in [6.45, 7) is 2.45. The van der Waals surface area contributed by atoms with Gasteiger partial charge in [-0.2, -0.15) is 5.26 Å². The first-order chi connectivity index (χ1) is 11.3. The maximum absolute atomic E-state index is 9.42. The average molecular weight is 308 g/mol. The monoisotopic (exact) mass is 308 g/mol. The smallest absolute Gasteiger partial charge is 0.163 e. The second-order valence-corrected chi connectivity index (χ2v) is 5.60. The predicted octanol–water partition coefficient (Wildman–Crippen LogP) is 3.75. The van der Waals surface area contributed by atoms with Gasteiger partial charge in [-0.25, -0.2) is 0 Å². The highest BCUT2D eigenvalue weighted by molar-refractivity contribution is 5.66. The van der Waals surface area contributed by atoms with Crippen LogP contribution < -0.4 is 14.4 Å². The number of ether oxygens (including phenoxy) is 2. The van der Waals surface area contributed by atoms with Gasteiger partial charge >= 0.3 is 0 Å². The molecule has 0 atom stereocenters. The van der Waals surface area contributed by atoms with Gasteiger partial charge in [0.2, 0.25) is 0 Å². The molecule has 1 heterocycles. The number of hydrogen-bond acceptors (Lipinski definition) is 4. The van der Waals surface area contributed by atoms with E-state index in [1.807, 2.05) is 36.4 Å². The second-order valence-electron chi connectivity index (χ2n) is 5.60. The molecule has 0 aromatic heterocycles. The van der Waals surface area contributed by atoms with Gasteiger partial charge in [0.05, 0.1) is 18.4 Å². The number of rotatable bonds is 5. The average Bonchev–Trinajstić information content (AvgIpc) is 3.14. The molecule has 0 N–H and O–H groups in total. The molecule has 3 rings (SSSR count). The lowest BCUT2D eigenvalue weighted by atomic mass is 10.1. The van der Waals surface area contributed by atoms with Gasteiger partial charge in [-0.05, 0) is 18.4 Å². The molecule has 23 heavy (non-hydrogen) atoms. The molecule has 2 aromatic rings. The molecule has 118 valence electrons. The van der Waals surface area contributed by atoms with Crippen LogP contribution in [0.5, 0.6) is 11.5 Å². The van der Waals surface area contributed by atoms with Crippen molar-refractivity contribution in [2.45, 2.75) is 19.4 Å². The molecule has 4 heteroatoms. The zero-order valence-corrected chi connectivity index (χ0v) is 13.3. The normalized spacial score (nSPS) is 13.7.